The summed E-state index contributed by atoms with van der Waals surface area (Å²) in [6, 6.07) is 14.9. The van der Waals surface area contributed by atoms with Gasteiger partial charge in [0.05, 0.1) is 18.7 Å². The zero-order chi connectivity index (χ0) is 17.6. The van der Waals surface area contributed by atoms with E-state index in [1.54, 1.807) is 31.6 Å². The lowest BCUT2D eigenvalue weighted by atomic mass is 10.2. The van der Waals surface area contributed by atoms with Gasteiger partial charge in [0.15, 0.2) is 5.96 Å². The molecule has 0 bridgehead atoms. The molecule has 0 fully saturated rings. The molecule has 0 radical (unpaired) electrons. The predicted octanol–water partition coefficient (Wildman–Crippen LogP) is 3.93. The van der Waals surface area contributed by atoms with Gasteiger partial charge in [0.1, 0.15) is 17.7 Å². The number of halogens is 1. The van der Waals surface area contributed by atoms with Crippen molar-refractivity contribution in [1.29, 1.82) is 0 Å². The van der Waals surface area contributed by atoms with E-state index in [1.807, 2.05) is 30.3 Å². The van der Waals surface area contributed by atoms with Crippen LogP contribution in [0.1, 0.15) is 5.69 Å². The Bertz CT molecular complexity index is 878. The van der Waals surface area contributed by atoms with Crippen molar-refractivity contribution in [2.45, 2.75) is 6.54 Å². The van der Waals surface area contributed by atoms with Crippen LogP contribution in [0.25, 0.3) is 11.5 Å². The molecule has 0 saturated heterocycles. The Morgan fingerprint density at radius 3 is 2.80 bits per heavy atom. The van der Waals surface area contributed by atoms with Crippen molar-refractivity contribution in [3.8, 4) is 17.2 Å². The Balaban J connectivity index is 1.64. The van der Waals surface area contributed by atoms with Crippen LogP contribution in [0.5, 0.6) is 5.75 Å². The lowest BCUT2D eigenvalue weighted by Gasteiger charge is -2.08. The number of guanidine groups is 1. The van der Waals surface area contributed by atoms with Crippen molar-refractivity contribution >= 4 is 23.2 Å². The number of aromatic nitrogens is 1. The molecule has 0 unspecified atom stereocenters. The van der Waals surface area contributed by atoms with Crippen LogP contribution in [0, 0.1) is 0 Å². The summed E-state index contributed by atoms with van der Waals surface area (Å²) >= 11 is 6.08. The van der Waals surface area contributed by atoms with E-state index in [-0.39, 0.29) is 5.96 Å². The fourth-order valence-electron chi connectivity index (χ4n) is 2.19. The first kappa shape index (κ1) is 16.9. The number of methoxy groups -OCH3 is 1. The molecule has 0 spiro atoms. The molecule has 1 heterocycles. The van der Waals surface area contributed by atoms with Crippen molar-refractivity contribution in [3.63, 3.8) is 0 Å². The van der Waals surface area contributed by atoms with Crippen molar-refractivity contribution in [2.75, 3.05) is 12.4 Å². The zero-order valence-corrected chi connectivity index (χ0v) is 14.3. The number of rotatable bonds is 5. The van der Waals surface area contributed by atoms with Gasteiger partial charge in [-0.05, 0) is 30.3 Å². The highest BCUT2D eigenvalue weighted by Gasteiger charge is 2.06. The second-order valence-corrected chi connectivity index (χ2v) is 5.59. The minimum Gasteiger partial charge on any atom is -0.495 e. The molecule has 0 aliphatic carbocycles. The third-order valence-electron chi connectivity index (χ3n) is 3.41. The number of nitrogens with one attached hydrogen (secondary N) is 1. The molecule has 0 aliphatic heterocycles. The van der Waals surface area contributed by atoms with Crippen LogP contribution in [0.15, 0.2) is 64.2 Å². The fourth-order valence-corrected chi connectivity index (χ4v) is 2.45. The number of aliphatic imine (C=N–C) groups is 1. The summed E-state index contributed by atoms with van der Waals surface area (Å²) in [4.78, 5) is 8.66. The highest BCUT2D eigenvalue weighted by atomic mass is 35.5. The Kier molecular flexibility index (Phi) is 5.20. The van der Waals surface area contributed by atoms with E-state index in [0.717, 1.165) is 11.3 Å². The van der Waals surface area contributed by atoms with Gasteiger partial charge in [-0.15, -0.1) is 0 Å². The smallest absolute Gasteiger partial charge is 0.226 e. The molecule has 3 aromatic rings. The summed E-state index contributed by atoms with van der Waals surface area (Å²) in [7, 11) is 1.56. The first-order valence-electron chi connectivity index (χ1n) is 7.56. The summed E-state index contributed by atoms with van der Waals surface area (Å²) in [5.74, 6) is 1.41. The second kappa shape index (κ2) is 7.72. The van der Waals surface area contributed by atoms with Crippen LogP contribution < -0.4 is 15.8 Å². The molecule has 3 rings (SSSR count). The van der Waals surface area contributed by atoms with Gasteiger partial charge in [0.2, 0.25) is 5.89 Å². The van der Waals surface area contributed by atoms with Gasteiger partial charge in [-0.1, -0.05) is 29.8 Å². The molecule has 0 saturated carbocycles. The van der Waals surface area contributed by atoms with Gasteiger partial charge in [-0.2, -0.15) is 0 Å². The monoisotopic (exact) mass is 356 g/mol. The number of nitrogens with two attached hydrogens (primary N) is 1. The highest BCUT2D eigenvalue weighted by molar-refractivity contribution is 6.32. The maximum Gasteiger partial charge on any atom is 0.226 e. The lowest BCUT2D eigenvalue weighted by Crippen LogP contribution is -2.22. The maximum atomic E-state index is 6.08. The molecule has 128 valence electrons. The minimum atomic E-state index is 0.255. The van der Waals surface area contributed by atoms with Gasteiger partial charge in [0.25, 0.3) is 0 Å². The molecule has 3 N–H and O–H groups in total. The number of nitrogens with zero attached hydrogens (tertiary/aromatic N) is 2. The predicted molar refractivity (Wildman–Crippen MR) is 98.9 cm³/mol. The summed E-state index contributed by atoms with van der Waals surface area (Å²) in [5, 5.41) is 3.46. The molecule has 6 nitrogen and oxygen atoms in total. The van der Waals surface area contributed by atoms with Gasteiger partial charge >= 0.3 is 0 Å². The topological polar surface area (TPSA) is 85.7 Å². The van der Waals surface area contributed by atoms with E-state index >= 15 is 0 Å². The Labute approximate surface area is 150 Å². The molecule has 0 atom stereocenters. The average Bonchev–Trinajstić information content (AvgIpc) is 3.10. The Morgan fingerprint density at radius 2 is 2.08 bits per heavy atom. The van der Waals surface area contributed by atoms with Crippen molar-refractivity contribution in [3.05, 3.63) is 65.5 Å². The van der Waals surface area contributed by atoms with E-state index < -0.39 is 0 Å². The van der Waals surface area contributed by atoms with Crippen molar-refractivity contribution < 1.29 is 9.15 Å². The van der Waals surface area contributed by atoms with Gasteiger partial charge < -0.3 is 20.2 Å². The SMILES string of the molecule is COc1ccc(NC(N)=NCc2coc(-c3ccccc3)n2)cc1Cl. The number of benzene rings is 2. The number of oxazole rings is 1. The van der Waals surface area contributed by atoms with E-state index in [4.69, 9.17) is 26.5 Å². The number of hydrogen-bond donors (Lipinski definition) is 2. The third-order valence-corrected chi connectivity index (χ3v) is 3.70. The summed E-state index contributed by atoms with van der Waals surface area (Å²) < 4.78 is 10.6. The first-order chi connectivity index (χ1) is 12.2. The van der Waals surface area contributed by atoms with Crippen LogP contribution in [0.4, 0.5) is 5.69 Å². The fraction of sp³-hybridized carbons (Fsp3) is 0.111. The summed E-state index contributed by atoms with van der Waals surface area (Å²) in [6.45, 7) is 0.305. The normalized spacial score (nSPS) is 11.4. The van der Waals surface area contributed by atoms with Crippen LogP contribution in [-0.2, 0) is 6.54 Å². The van der Waals surface area contributed by atoms with E-state index in [1.165, 1.54) is 0 Å². The van der Waals surface area contributed by atoms with Crippen LogP contribution in [0.2, 0.25) is 5.02 Å². The maximum absolute atomic E-state index is 6.08. The number of ether oxygens (including phenoxy) is 1. The largest absolute Gasteiger partial charge is 0.495 e. The molecule has 0 amide bonds. The summed E-state index contributed by atoms with van der Waals surface area (Å²) in [6.07, 6.45) is 1.57. The highest BCUT2D eigenvalue weighted by Crippen LogP contribution is 2.27. The van der Waals surface area contributed by atoms with E-state index in [9.17, 15) is 0 Å². The molecule has 0 aliphatic rings. The second-order valence-electron chi connectivity index (χ2n) is 5.19. The van der Waals surface area contributed by atoms with Gasteiger partial charge in [0, 0.05) is 11.3 Å². The van der Waals surface area contributed by atoms with Crippen LogP contribution in [-0.4, -0.2) is 18.1 Å². The molecular weight excluding hydrogens is 340 g/mol. The molecule has 7 heteroatoms. The molecule has 25 heavy (non-hydrogen) atoms. The Morgan fingerprint density at radius 1 is 1.28 bits per heavy atom. The van der Waals surface area contributed by atoms with E-state index in [2.05, 4.69) is 15.3 Å². The quantitative estimate of drug-likeness (QED) is 0.534. The van der Waals surface area contributed by atoms with E-state index in [0.29, 0.717) is 28.9 Å². The molecule has 2 aromatic carbocycles. The van der Waals surface area contributed by atoms with Crippen molar-refractivity contribution in [2.24, 2.45) is 10.7 Å². The Hall–Kier alpha value is -2.99. The van der Waals surface area contributed by atoms with Crippen LogP contribution >= 0.6 is 11.6 Å². The minimum absolute atomic E-state index is 0.255. The molecule has 1 aromatic heterocycles. The van der Waals surface area contributed by atoms with Gasteiger partial charge in [-0.3, -0.25) is 0 Å². The zero-order valence-electron chi connectivity index (χ0n) is 13.6. The summed E-state index contributed by atoms with van der Waals surface area (Å²) in [5.41, 5.74) is 8.22. The third kappa shape index (κ3) is 4.30. The number of hydrogen-bond acceptors (Lipinski definition) is 4. The number of anilines is 1. The molecular formula is C18H17ClN4O2. The standard InChI is InChI=1S/C18H17ClN4O2/c1-24-16-8-7-13(9-15(16)19)23-18(20)21-10-14-11-25-17(22-14)12-5-3-2-4-6-12/h2-9,11H,10H2,1H3,(H3,20,21,23). The van der Waals surface area contributed by atoms with Crippen molar-refractivity contribution in [1.82, 2.24) is 4.98 Å². The average molecular weight is 357 g/mol. The first-order valence-corrected chi connectivity index (χ1v) is 7.94. The lowest BCUT2D eigenvalue weighted by molar-refractivity contribution is 0.415. The van der Waals surface area contributed by atoms with Crippen LogP contribution in [0.3, 0.4) is 0 Å². The van der Waals surface area contributed by atoms with Gasteiger partial charge in [-0.25, -0.2) is 9.98 Å².